The van der Waals surface area contributed by atoms with E-state index in [0.717, 1.165) is 24.5 Å². The van der Waals surface area contributed by atoms with Crippen molar-refractivity contribution in [3.63, 3.8) is 0 Å². The van der Waals surface area contributed by atoms with E-state index in [-0.39, 0.29) is 18.3 Å². The zero-order chi connectivity index (χ0) is 24.7. The Kier molecular flexibility index (Phi) is 5.09. The number of H-pyrrole nitrogens is 1. The molecule has 3 unspecified atom stereocenters. The molecular formula is C30H36BN3O2. The van der Waals surface area contributed by atoms with Gasteiger partial charge in [0.2, 0.25) is 0 Å². The Hall–Kier alpha value is -2.41. The van der Waals surface area contributed by atoms with Crippen molar-refractivity contribution in [2.75, 3.05) is 6.54 Å². The Labute approximate surface area is 214 Å². The third kappa shape index (κ3) is 3.45. The number of imidazole rings is 1. The lowest BCUT2D eigenvalue weighted by Gasteiger charge is -2.32. The predicted octanol–water partition coefficient (Wildman–Crippen LogP) is 5.83. The molecule has 2 saturated heterocycles. The van der Waals surface area contributed by atoms with Crippen molar-refractivity contribution >= 4 is 12.6 Å². The summed E-state index contributed by atoms with van der Waals surface area (Å²) in [5.74, 6) is 2.33. The first-order chi connectivity index (χ1) is 17.3. The van der Waals surface area contributed by atoms with Crippen molar-refractivity contribution in [3.8, 4) is 22.4 Å². The zero-order valence-corrected chi connectivity index (χ0v) is 21.9. The minimum atomic E-state index is -0.322. The molecule has 5 nitrogen and oxygen atoms in total. The van der Waals surface area contributed by atoms with Gasteiger partial charge in [0.05, 0.1) is 29.1 Å². The fourth-order valence-electron chi connectivity index (χ4n) is 6.89. The van der Waals surface area contributed by atoms with Crippen molar-refractivity contribution < 1.29 is 9.31 Å². The van der Waals surface area contributed by atoms with E-state index in [1.165, 1.54) is 53.4 Å². The van der Waals surface area contributed by atoms with E-state index in [1.54, 1.807) is 5.56 Å². The molecule has 3 fully saturated rings. The van der Waals surface area contributed by atoms with E-state index in [4.69, 9.17) is 9.31 Å². The molecule has 2 N–H and O–H groups in total. The molecule has 7 rings (SSSR count). The molecule has 4 aliphatic rings. The van der Waals surface area contributed by atoms with Crippen LogP contribution in [0.3, 0.4) is 0 Å². The van der Waals surface area contributed by atoms with E-state index in [9.17, 15) is 0 Å². The van der Waals surface area contributed by atoms with Crippen LogP contribution < -0.4 is 10.8 Å². The summed E-state index contributed by atoms with van der Waals surface area (Å²) < 4.78 is 13.0. The van der Waals surface area contributed by atoms with E-state index in [2.05, 4.69) is 79.4 Å². The van der Waals surface area contributed by atoms with Gasteiger partial charge in [0.15, 0.2) is 0 Å². The number of hydrogen-bond donors (Lipinski definition) is 2. The smallest absolute Gasteiger partial charge is 0.399 e. The van der Waals surface area contributed by atoms with Gasteiger partial charge in [-0.05, 0) is 111 Å². The topological polar surface area (TPSA) is 59.2 Å². The summed E-state index contributed by atoms with van der Waals surface area (Å²) in [6, 6.07) is 14.0. The van der Waals surface area contributed by atoms with Gasteiger partial charge in [-0.1, -0.05) is 36.4 Å². The normalized spacial score (nSPS) is 27.7. The van der Waals surface area contributed by atoms with Crippen molar-refractivity contribution in [2.45, 2.75) is 88.9 Å². The second-order valence-corrected chi connectivity index (χ2v) is 12.2. The summed E-state index contributed by atoms with van der Waals surface area (Å²) in [5, 5.41) is 3.53. The third-order valence-electron chi connectivity index (χ3n) is 9.57. The zero-order valence-electron chi connectivity index (χ0n) is 21.9. The molecular weight excluding hydrogens is 445 g/mol. The Morgan fingerprint density at radius 2 is 1.56 bits per heavy atom. The Morgan fingerprint density at radius 1 is 0.861 bits per heavy atom. The number of benzene rings is 2. The van der Waals surface area contributed by atoms with Crippen LogP contribution in [0.25, 0.3) is 22.4 Å². The molecule has 2 aliphatic heterocycles. The van der Waals surface area contributed by atoms with Crippen LogP contribution in [0.5, 0.6) is 0 Å². The van der Waals surface area contributed by atoms with Crippen LogP contribution in [0.2, 0.25) is 0 Å². The summed E-state index contributed by atoms with van der Waals surface area (Å²) in [4.78, 5) is 8.20. The van der Waals surface area contributed by atoms with E-state index >= 15 is 0 Å². The van der Waals surface area contributed by atoms with Crippen molar-refractivity contribution in [1.29, 1.82) is 0 Å². The lowest BCUT2D eigenvalue weighted by atomic mass is 9.70. The lowest BCUT2D eigenvalue weighted by Crippen LogP contribution is -2.41. The molecule has 6 heteroatoms. The van der Waals surface area contributed by atoms with Gasteiger partial charge in [-0.2, -0.15) is 0 Å². The maximum absolute atomic E-state index is 6.50. The summed E-state index contributed by atoms with van der Waals surface area (Å²) >= 11 is 0. The highest BCUT2D eigenvalue weighted by Crippen LogP contribution is 2.55. The summed E-state index contributed by atoms with van der Waals surface area (Å²) in [5.41, 5.74) is 8.60. The average Bonchev–Trinajstić information content (AvgIpc) is 3.67. The second-order valence-electron chi connectivity index (χ2n) is 12.2. The van der Waals surface area contributed by atoms with Gasteiger partial charge in [-0.25, -0.2) is 4.98 Å². The first-order valence-electron chi connectivity index (χ1n) is 13.7. The number of nitrogens with zero attached hydrogens (tertiary/aromatic N) is 1. The number of nitrogens with one attached hydrogen (secondary N) is 2. The summed E-state index contributed by atoms with van der Waals surface area (Å²) in [6.45, 7) is 9.64. The second kappa shape index (κ2) is 8.05. The minimum Gasteiger partial charge on any atom is -0.399 e. The van der Waals surface area contributed by atoms with Crippen LogP contribution >= 0.6 is 0 Å². The standard InChI is InChI=1S/C30H36BN3O2/c1-29(2)30(3,4)36-31(35-29)23-14-13-22(26-20-11-12-21(16-20)27(23)26)18-7-9-19(10-8-18)25-17-33-28(34-25)24-6-5-15-32-24/h7-10,13-14,17,20-21,24,32H,5-6,11-12,15-16H2,1-4H3,(H,33,34). The molecule has 2 aliphatic carbocycles. The molecule has 3 atom stereocenters. The molecule has 2 bridgehead atoms. The highest BCUT2D eigenvalue weighted by atomic mass is 16.7. The Balaban J connectivity index is 1.22. The van der Waals surface area contributed by atoms with Gasteiger partial charge in [0, 0.05) is 0 Å². The Bertz CT molecular complexity index is 1290. The molecule has 0 spiro atoms. The number of aromatic nitrogens is 2. The van der Waals surface area contributed by atoms with E-state index < -0.39 is 0 Å². The highest BCUT2D eigenvalue weighted by Gasteiger charge is 2.53. The van der Waals surface area contributed by atoms with E-state index in [0.29, 0.717) is 17.9 Å². The molecule has 3 aromatic rings. The Morgan fingerprint density at radius 3 is 2.25 bits per heavy atom. The van der Waals surface area contributed by atoms with Gasteiger partial charge < -0.3 is 19.6 Å². The molecule has 3 heterocycles. The average molecular weight is 481 g/mol. The molecule has 0 radical (unpaired) electrons. The molecule has 186 valence electrons. The number of aromatic amines is 1. The van der Waals surface area contributed by atoms with Crippen molar-refractivity contribution in [2.24, 2.45) is 0 Å². The highest BCUT2D eigenvalue weighted by molar-refractivity contribution is 6.62. The van der Waals surface area contributed by atoms with Gasteiger partial charge in [0.25, 0.3) is 0 Å². The van der Waals surface area contributed by atoms with Gasteiger partial charge in [-0.15, -0.1) is 0 Å². The molecule has 0 amide bonds. The maximum atomic E-state index is 6.50. The summed E-state index contributed by atoms with van der Waals surface area (Å²) in [6.07, 6.45) is 8.19. The van der Waals surface area contributed by atoms with Crippen molar-refractivity contribution in [1.82, 2.24) is 15.3 Å². The SMILES string of the molecule is CC1(C)OB(c2ccc(-c3ccc(-c4cnc(C5CCCN5)[nH]4)cc3)c3c2C2CCC3C2)OC1(C)C. The first kappa shape index (κ1) is 22.8. The monoisotopic (exact) mass is 481 g/mol. The van der Waals surface area contributed by atoms with E-state index in [1.807, 2.05) is 6.20 Å². The molecule has 1 aromatic heterocycles. The number of rotatable bonds is 4. The number of hydrogen-bond acceptors (Lipinski definition) is 4. The van der Waals surface area contributed by atoms with Gasteiger partial charge >= 0.3 is 7.12 Å². The van der Waals surface area contributed by atoms with Crippen molar-refractivity contribution in [3.05, 3.63) is 59.5 Å². The van der Waals surface area contributed by atoms with Crippen LogP contribution in [0.1, 0.15) is 94.6 Å². The quantitative estimate of drug-likeness (QED) is 0.461. The van der Waals surface area contributed by atoms with Crippen LogP contribution in [-0.4, -0.2) is 34.8 Å². The maximum Gasteiger partial charge on any atom is 0.495 e. The first-order valence-corrected chi connectivity index (χ1v) is 13.7. The van der Waals surface area contributed by atoms with Gasteiger partial charge in [0.1, 0.15) is 5.82 Å². The van der Waals surface area contributed by atoms with Crippen LogP contribution in [0, 0.1) is 0 Å². The summed E-state index contributed by atoms with van der Waals surface area (Å²) in [7, 11) is -0.288. The molecule has 1 saturated carbocycles. The predicted molar refractivity (Wildman–Crippen MR) is 144 cm³/mol. The molecule has 36 heavy (non-hydrogen) atoms. The molecule has 2 aromatic carbocycles. The van der Waals surface area contributed by atoms with Crippen LogP contribution in [0.15, 0.2) is 42.6 Å². The fraction of sp³-hybridized carbons (Fsp3) is 0.500. The lowest BCUT2D eigenvalue weighted by molar-refractivity contribution is 0.00578. The van der Waals surface area contributed by atoms with Gasteiger partial charge in [-0.3, -0.25) is 0 Å². The largest absolute Gasteiger partial charge is 0.495 e. The number of fused-ring (bicyclic) bond motifs is 5. The third-order valence-corrected chi connectivity index (χ3v) is 9.57. The van der Waals surface area contributed by atoms with Crippen LogP contribution in [-0.2, 0) is 9.31 Å². The van der Waals surface area contributed by atoms with Crippen LogP contribution in [0.4, 0.5) is 0 Å². The fourth-order valence-corrected chi connectivity index (χ4v) is 6.89. The minimum absolute atomic E-state index is 0.288.